The van der Waals surface area contributed by atoms with Crippen molar-refractivity contribution in [2.75, 3.05) is 19.6 Å². The molecule has 1 saturated heterocycles. The third kappa shape index (κ3) is 5.33. The molecule has 2 N–H and O–H groups in total. The van der Waals surface area contributed by atoms with Crippen molar-refractivity contribution in [2.45, 2.75) is 32.1 Å². The highest BCUT2D eigenvalue weighted by Gasteiger charge is 2.18. The van der Waals surface area contributed by atoms with Crippen LogP contribution in [0.2, 0.25) is 0 Å². The third-order valence-corrected chi connectivity index (χ3v) is 2.69. The number of amides is 2. The van der Waals surface area contributed by atoms with Crippen molar-refractivity contribution < 1.29 is 19.5 Å². The Labute approximate surface area is 100.0 Å². The summed E-state index contributed by atoms with van der Waals surface area (Å²) in [5.74, 6) is -1.52. The monoisotopic (exact) mass is 242 g/mol. The predicted octanol–water partition coefficient (Wildman–Crippen LogP) is -0.0201. The number of carboxylic acid groups (broad SMARTS) is 1. The van der Waals surface area contributed by atoms with Gasteiger partial charge in [-0.25, -0.2) is 0 Å². The van der Waals surface area contributed by atoms with Gasteiger partial charge in [-0.2, -0.15) is 0 Å². The first kappa shape index (κ1) is 13.5. The summed E-state index contributed by atoms with van der Waals surface area (Å²) >= 11 is 0. The van der Waals surface area contributed by atoms with Crippen LogP contribution in [0.1, 0.15) is 32.1 Å². The highest BCUT2D eigenvalue weighted by atomic mass is 16.4. The summed E-state index contributed by atoms with van der Waals surface area (Å²) in [4.78, 5) is 34.8. The number of carbonyl (C=O) groups is 3. The second-order valence-corrected chi connectivity index (χ2v) is 4.15. The minimum atomic E-state index is -1.09. The van der Waals surface area contributed by atoms with Gasteiger partial charge in [0.2, 0.25) is 11.8 Å². The van der Waals surface area contributed by atoms with Gasteiger partial charge in [0.15, 0.2) is 0 Å². The molecule has 1 aliphatic rings. The molecule has 0 aromatic rings. The van der Waals surface area contributed by atoms with Crippen molar-refractivity contribution in [1.82, 2.24) is 10.2 Å². The van der Waals surface area contributed by atoms with Crippen LogP contribution in [-0.2, 0) is 14.4 Å². The average Bonchev–Trinajstić information content (AvgIpc) is 2.26. The van der Waals surface area contributed by atoms with E-state index >= 15 is 0 Å². The predicted molar refractivity (Wildman–Crippen MR) is 60.3 cm³/mol. The van der Waals surface area contributed by atoms with Crippen molar-refractivity contribution in [1.29, 1.82) is 0 Å². The molecule has 1 rings (SSSR count). The molecule has 0 radical (unpaired) electrons. The topological polar surface area (TPSA) is 86.7 Å². The van der Waals surface area contributed by atoms with Crippen molar-refractivity contribution in [3.05, 3.63) is 0 Å². The van der Waals surface area contributed by atoms with Crippen LogP contribution in [0, 0.1) is 0 Å². The van der Waals surface area contributed by atoms with Gasteiger partial charge < -0.3 is 15.3 Å². The van der Waals surface area contributed by atoms with Crippen LogP contribution < -0.4 is 5.32 Å². The zero-order valence-corrected chi connectivity index (χ0v) is 9.78. The standard InChI is InChI=1S/C11H18N2O4/c14-9(12-7-11(16)17)8-13-6-4-2-1-3-5-10(13)15/h1-8H2,(H,12,14)(H,16,17). The van der Waals surface area contributed by atoms with Crippen molar-refractivity contribution in [3.8, 4) is 0 Å². The Kier molecular flexibility index (Phi) is 5.45. The molecule has 0 aliphatic carbocycles. The molecule has 17 heavy (non-hydrogen) atoms. The van der Waals surface area contributed by atoms with Crippen LogP contribution >= 0.6 is 0 Å². The quantitative estimate of drug-likeness (QED) is 0.725. The van der Waals surface area contributed by atoms with E-state index in [0.717, 1.165) is 25.7 Å². The van der Waals surface area contributed by atoms with E-state index in [0.29, 0.717) is 13.0 Å². The summed E-state index contributed by atoms with van der Waals surface area (Å²) in [6, 6.07) is 0. The fraction of sp³-hybridized carbons (Fsp3) is 0.727. The minimum Gasteiger partial charge on any atom is -0.480 e. The first-order chi connectivity index (χ1) is 8.09. The van der Waals surface area contributed by atoms with Gasteiger partial charge in [-0.15, -0.1) is 0 Å². The molecule has 6 heteroatoms. The van der Waals surface area contributed by atoms with Crippen molar-refractivity contribution >= 4 is 17.8 Å². The number of hydrogen-bond acceptors (Lipinski definition) is 3. The summed E-state index contributed by atoms with van der Waals surface area (Å²) in [5.41, 5.74) is 0. The number of likely N-dealkylation sites (tertiary alicyclic amines) is 1. The lowest BCUT2D eigenvalue weighted by Gasteiger charge is -2.24. The van der Waals surface area contributed by atoms with E-state index in [4.69, 9.17) is 5.11 Å². The smallest absolute Gasteiger partial charge is 0.322 e. The second kappa shape index (κ2) is 6.88. The highest BCUT2D eigenvalue weighted by Crippen LogP contribution is 2.11. The van der Waals surface area contributed by atoms with Gasteiger partial charge in [0.05, 0.1) is 6.54 Å². The highest BCUT2D eigenvalue weighted by molar-refractivity contribution is 5.86. The van der Waals surface area contributed by atoms with E-state index in [2.05, 4.69) is 5.32 Å². The summed E-state index contributed by atoms with van der Waals surface area (Å²) < 4.78 is 0. The summed E-state index contributed by atoms with van der Waals surface area (Å²) in [5, 5.41) is 10.7. The van der Waals surface area contributed by atoms with Crippen LogP contribution in [0.5, 0.6) is 0 Å². The maximum atomic E-state index is 11.7. The van der Waals surface area contributed by atoms with Gasteiger partial charge in [-0.1, -0.05) is 12.8 Å². The third-order valence-electron chi connectivity index (χ3n) is 2.69. The summed E-state index contributed by atoms with van der Waals surface area (Å²) in [6.07, 6.45) is 4.38. The number of nitrogens with zero attached hydrogens (tertiary/aromatic N) is 1. The Balaban J connectivity index is 2.38. The SMILES string of the molecule is O=C(O)CNC(=O)CN1CCCCCCC1=O. The zero-order chi connectivity index (χ0) is 12.7. The molecule has 2 amide bonds. The Bertz CT molecular complexity index is 304. The molecule has 1 heterocycles. The normalized spacial score (nSPS) is 17.2. The number of aliphatic carboxylic acids is 1. The lowest BCUT2D eigenvalue weighted by molar-refractivity contribution is -0.139. The van der Waals surface area contributed by atoms with Crippen LogP contribution in [0.15, 0.2) is 0 Å². The average molecular weight is 242 g/mol. The fourth-order valence-corrected chi connectivity index (χ4v) is 1.79. The molecule has 1 fully saturated rings. The van der Waals surface area contributed by atoms with E-state index in [-0.39, 0.29) is 12.5 Å². The van der Waals surface area contributed by atoms with Crippen LogP contribution in [-0.4, -0.2) is 47.4 Å². The first-order valence-electron chi connectivity index (χ1n) is 5.86. The molecule has 0 aromatic carbocycles. The van der Waals surface area contributed by atoms with Crippen LogP contribution in [0.4, 0.5) is 0 Å². The molecule has 1 aliphatic heterocycles. The lowest BCUT2D eigenvalue weighted by atomic mass is 10.1. The number of hydrogen-bond donors (Lipinski definition) is 2. The van der Waals surface area contributed by atoms with Crippen LogP contribution in [0.3, 0.4) is 0 Å². The maximum Gasteiger partial charge on any atom is 0.322 e. The molecular formula is C11H18N2O4. The molecule has 0 saturated carbocycles. The van der Waals surface area contributed by atoms with Crippen LogP contribution in [0.25, 0.3) is 0 Å². The van der Waals surface area contributed by atoms with Gasteiger partial charge in [0.25, 0.3) is 0 Å². The Morgan fingerprint density at radius 2 is 1.94 bits per heavy atom. The van der Waals surface area contributed by atoms with Gasteiger partial charge >= 0.3 is 5.97 Å². The first-order valence-corrected chi connectivity index (χ1v) is 5.86. The summed E-state index contributed by atoms with van der Waals surface area (Å²) in [6.45, 7) is 0.145. The van der Waals surface area contributed by atoms with E-state index in [9.17, 15) is 14.4 Å². The fourth-order valence-electron chi connectivity index (χ4n) is 1.79. The second-order valence-electron chi connectivity index (χ2n) is 4.15. The molecule has 0 aromatic heterocycles. The Hall–Kier alpha value is -1.59. The van der Waals surface area contributed by atoms with E-state index < -0.39 is 18.4 Å². The Morgan fingerprint density at radius 3 is 2.65 bits per heavy atom. The maximum absolute atomic E-state index is 11.7. The zero-order valence-electron chi connectivity index (χ0n) is 9.78. The molecular weight excluding hydrogens is 224 g/mol. The molecule has 96 valence electrons. The van der Waals surface area contributed by atoms with Gasteiger partial charge in [-0.05, 0) is 12.8 Å². The van der Waals surface area contributed by atoms with Gasteiger partial charge in [0.1, 0.15) is 6.54 Å². The lowest BCUT2D eigenvalue weighted by Crippen LogP contribution is -2.42. The largest absolute Gasteiger partial charge is 0.480 e. The molecule has 0 spiro atoms. The van der Waals surface area contributed by atoms with E-state index in [1.54, 1.807) is 0 Å². The number of rotatable bonds is 4. The van der Waals surface area contributed by atoms with E-state index in [1.165, 1.54) is 4.90 Å². The van der Waals surface area contributed by atoms with Crippen molar-refractivity contribution in [2.24, 2.45) is 0 Å². The molecule has 0 atom stereocenters. The van der Waals surface area contributed by atoms with Crippen molar-refractivity contribution in [3.63, 3.8) is 0 Å². The number of carbonyl (C=O) groups excluding carboxylic acids is 2. The number of nitrogens with one attached hydrogen (secondary N) is 1. The molecule has 0 bridgehead atoms. The summed E-state index contributed by atoms with van der Waals surface area (Å²) in [7, 11) is 0. The molecule has 6 nitrogen and oxygen atoms in total. The van der Waals surface area contributed by atoms with E-state index in [1.807, 2.05) is 0 Å². The van der Waals surface area contributed by atoms with Gasteiger partial charge in [0, 0.05) is 13.0 Å². The number of carboxylic acids is 1. The minimum absolute atomic E-state index is 0.0184. The molecule has 0 unspecified atom stereocenters. The van der Waals surface area contributed by atoms with Gasteiger partial charge in [-0.3, -0.25) is 14.4 Å². The Morgan fingerprint density at radius 1 is 1.24 bits per heavy atom.